The van der Waals surface area contributed by atoms with Crippen LogP contribution in [0.4, 0.5) is 17.6 Å². The van der Waals surface area contributed by atoms with Crippen LogP contribution in [0, 0.1) is 12.8 Å². The summed E-state index contributed by atoms with van der Waals surface area (Å²) < 4.78 is 51.1. The zero-order chi connectivity index (χ0) is 21.0. The molecule has 0 spiro atoms. The molecule has 2 aromatic rings. The molecule has 1 aromatic carbocycles. The van der Waals surface area contributed by atoms with E-state index in [9.17, 15) is 22.7 Å². The Labute approximate surface area is 167 Å². The van der Waals surface area contributed by atoms with Crippen LogP contribution < -0.4 is 0 Å². The Morgan fingerprint density at radius 2 is 2.00 bits per heavy atom. The second kappa shape index (κ2) is 9.07. The van der Waals surface area contributed by atoms with Crippen molar-refractivity contribution in [2.24, 2.45) is 5.92 Å². The van der Waals surface area contributed by atoms with Gasteiger partial charge in [-0.15, -0.1) is 0 Å². The van der Waals surface area contributed by atoms with Gasteiger partial charge in [-0.2, -0.15) is 23.4 Å². The number of likely N-dealkylation sites (tertiary alicyclic amines) is 1. The number of benzene rings is 1. The van der Waals surface area contributed by atoms with Crippen molar-refractivity contribution in [3.05, 3.63) is 41.1 Å². The Morgan fingerprint density at radius 3 is 2.62 bits per heavy atom. The lowest BCUT2D eigenvalue weighted by molar-refractivity contribution is -0.137. The summed E-state index contributed by atoms with van der Waals surface area (Å²) in [5.41, 5.74) is 0.790. The molecule has 3 rings (SSSR count). The molecule has 1 aromatic heterocycles. The lowest BCUT2D eigenvalue weighted by Gasteiger charge is -2.32. The lowest BCUT2D eigenvalue weighted by atomic mass is 9.93. The van der Waals surface area contributed by atoms with Gasteiger partial charge in [0.25, 0.3) is 0 Å². The molecule has 1 aliphatic heterocycles. The van der Waals surface area contributed by atoms with Gasteiger partial charge >= 0.3 is 6.18 Å². The predicted molar refractivity (Wildman–Crippen MR) is 102 cm³/mol. The minimum absolute atomic E-state index is 0.257. The number of phenolic OH excluding ortho intramolecular Hbond substituents is 1. The molecule has 29 heavy (non-hydrogen) atoms. The van der Waals surface area contributed by atoms with Gasteiger partial charge in [-0.1, -0.05) is 0 Å². The van der Waals surface area contributed by atoms with Gasteiger partial charge in [0.15, 0.2) is 0 Å². The van der Waals surface area contributed by atoms with Crippen molar-refractivity contribution in [2.75, 3.05) is 26.3 Å². The molecule has 0 aliphatic carbocycles. The molecule has 1 atom stereocenters. The summed E-state index contributed by atoms with van der Waals surface area (Å²) in [7, 11) is 0. The first-order valence-electron chi connectivity index (χ1n) is 9.80. The standard InChI is InChI=1S/C21H25F4N3O/c1-14-10-16(21(23,24)25)12-19(29)20(14)18-6-5-17(26-27-18)11-15-4-2-8-28(13-15)9-3-7-22/h5-6,10,12,15,29H,2-4,7-9,11,13H2,1H3/t15-/m0/s1. The van der Waals surface area contributed by atoms with Crippen molar-refractivity contribution in [1.82, 2.24) is 15.1 Å². The molecule has 0 saturated carbocycles. The van der Waals surface area contributed by atoms with Gasteiger partial charge in [-0.05, 0) is 74.9 Å². The third-order valence-electron chi connectivity index (χ3n) is 5.33. The molecule has 1 aliphatic rings. The molecule has 4 nitrogen and oxygen atoms in total. The van der Waals surface area contributed by atoms with Crippen LogP contribution in [-0.2, 0) is 12.6 Å². The fourth-order valence-corrected chi connectivity index (χ4v) is 3.97. The molecule has 1 fully saturated rings. The Hall–Kier alpha value is -2.22. The van der Waals surface area contributed by atoms with E-state index in [-0.39, 0.29) is 17.8 Å². The molecule has 1 N–H and O–H groups in total. The van der Waals surface area contributed by atoms with Crippen molar-refractivity contribution < 1.29 is 22.7 Å². The Kier molecular flexibility index (Phi) is 6.72. The smallest absolute Gasteiger partial charge is 0.416 e. The summed E-state index contributed by atoms with van der Waals surface area (Å²) in [5.74, 6) is -0.0418. The average Bonchev–Trinajstić information content (AvgIpc) is 2.67. The number of aromatic nitrogens is 2. The zero-order valence-corrected chi connectivity index (χ0v) is 16.3. The van der Waals surface area contributed by atoms with E-state index in [0.29, 0.717) is 24.1 Å². The van der Waals surface area contributed by atoms with E-state index in [1.807, 2.05) is 0 Å². The number of piperidine rings is 1. The summed E-state index contributed by atoms with van der Waals surface area (Å²) in [6.45, 7) is 3.87. The van der Waals surface area contributed by atoms with Gasteiger partial charge in [0.1, 0.15) is 5.75 Å². The highest BCUT2D eigenvalue weighted by molar-refractivity contribution is 5.71. The van der Waals surface area contributed by atoms with E-state index in [1.54, 1.807) is 12.1 Å². The van der Waals surface area contributed by atoms with E-state index in [4.69, 9.17) is 0 Å². The number of alkyl halides is 4. The van der Waals surface area contributed by atoms with Gasteiger partial charge < -0.3 is 10.0 Å². The second-order valence-corrected chi connectivity index (χ2v) is 7.65. The molecule has 8 heteroatoms. The van der Waals surface area contributed by atoms with Crippen molar-refractivity contribution in [3.63, 3.8) is 0 Å². The van der Waals surface area contributed by atoms with E-state index in [2.05, 4.69) is 15.1 Å². The summed E-state index contributed by atoms with van der Waals surface area (Å²) >= 11 is 0. The Balaban J connectivity index is 1.71. The lowest BCUT2D eigenvalue weighted by Crippen LogP contribution is -2.37. The quantitative estimate of drug-likeness (QED) is 0.695. The van der Waals surface area contributed by atoms with Gasteiger partial charge in [-0.25, -0.2) is 0 Å². The van der Waals surface area contributed by atoms with Crippen LogP contribution in [0.3, 0.4) is 0 Å². The maximum atomic E-state index is 12.9. The summed E-state index contributed by atoms with van der Waals surface area (Å²) in [6, 6.07) is 5.20. The molecule has 0 unspecified atom stereocenters. The summed E-state index contributed by atoms with van der Waals surface area (Å²) in [6.07, 6.45) is -1.07. The minimum Gasteiger partial charge on any atom is -0.507 e. The third kappa shape index (κ3) is 5.44. The number of halogens is 4. The summed E-state index contributed by atoms with van der Waals surface area (Å²) in [5, 5.41) is 18.5. The van der Waals surface area contributed by atoms with Crippen molar-refractivity contribution in [1.29, 1.82) is 0 Å². The Morgan fingerprint density at radius 1 is 1.21 bits per heavy atom. The first-order valence-corrected chi connectivity index (χ1v) is 9.80. The molecule has 0 radical (unpaired) electrons. The molecule has 1 saturated heterocycles. The fraction of sp³-hybridized carbons (Fsp3) is 0.524. The largest absolute Gasteiger partial charge is 0.507 e. The van der Waals surface area contributed by atoms with Gasteiger partial charge in [-0.3, -0.25) is 4.39 Å². The molecule has 0 amide bonds. The number of aromatic hydroxyl groups is 1. The van der Waals surface area contributed by atoms with E-state index < -0.39 is 17.5 Å². The van der Waals surface area contributed by atoms with Crippen LogP contribution in [-0.4, -0.2) is 46.5 Å². The van der Waals surface area contributed by atoms with E-state index >= 15 is 0 Å². The monoisotopic (exact) mass is 411 g/mol. The van der Waals surface area contributed by atoms with Crippen LogP contribution >= 0.6 is 0 Å². The number of aryl methyl sites for hydroxylation is 1. The topological polar surface area (TPSA) is 49.2 Å². The molecular weight excluding hydrogens is 386 g/mol. The van der Waals surface area contributed by atoms with Crippen LogP contribution in [0.25, 0.3) is 11.3 Å². The van der Waals surface area contributed by atoms with Crippen molar-refractivity contribution in [3.8, 4) is 17.0 Å². The molecular formula is C21H25F4N3O. The first kappa shape index (κ1) is 21.5. The zero-order valence-electron chi connectivity index (χ0n) is 16.3. The van der Waals surface area contributed by atoms with Crippen LogP contribution in [0.2, 0.25) is 0 Å². The van der Waals surface area contributed by atoms with Gasteiger partial charge in [0.2, 0.25) is 0 Å². The normalized spacial score (nSPS) is 18.2. The van der Waals surface area contributed by atoms with Crippen LogP contribution in [0.5, 0.6) is 5.75 Å². The fourth-order valence-electron chi connectivity index (χ4n) is 3.97. The van der Waals surface area contributed by atoms with Crippen LogP contribution in [0.1, 0.15) is 36.1 Å². The SMILES string of the molecule is Cc1cc(C(F)(F)F)cc(O)c1-c1ccc(C[C@@H]2CCCN(CCCF)C2)nn1. The predicted octanol–water partition coefficient (Wildman–Crippen LogP) is 4.79. The van der Waals surface area contributed by atoms with Gasteiger partial charge in [0, 0.05) is 18.7 Å². The number of hydrogen-bond donors (Lipinski definition) is 1. The second-order valence-electron chi connectivity index (χ2n) is 7.65. The number of hydrogen-bond acceptors (Lipinski definition) is 4. The van der Waals surface area contributed by atoms with Crippen molar-refractivity contribution >= 4 is 0 Å². The van der Waals surface area contributed by atoms with E-state index in [0.717, 1.165) is 50.7 Å². The minimum atomic E-state index is -4.52. The Bertz CT molecular complexity index is 801. The highest BCUT2D eigenvalue weighted by Gasteiger charge is 2.32. The number of phenols is 1. The highest BCUT2D eigenvalue weighted by Crippen LogP contribution is 2.38. The molecule has 0 bridgehead atoms. The maximum Gasteiger partial charge on any atom is 0.416 e. The highest BCUT2D eigenvalue weighted by atomic mass is 19.4. The third-order valence-corrected chi connectivity index (χ3v) is 5.33. The number of nitrogens with zero attached hydrogens (tertiary/aromatic N) is 3. The van der Waals surface area contributed by atoms with Crippen molar-refractivity contribution in [2.45, 2.75) is 38.8 Å². The number of rotatable bonds is 6. The molecule has 2 heterocycles. The van der Waals surface area contributed by atoms with Crippen LogP contribution in [0.15, 0.2) is 24.3 Å². The summed E-state index contributed by atoms with van der Waals surface area (Å²) in [4.78, 5) is 2.28. The first-order chi connectivity index (χ1) is 13.8. The molecule has 158 valence electrons. The van der Waals surface area contributed by atoms with E-state index in [1.165, 1.54) is 6.92 Å². The maximum absolute atomic E-state index is 12.9. The average molecular weight is 411 g/mol. The van der Waals surface area contributed by atoms with Gasteiger partial charge in [0.05, 0.1) is 23.6 Å².